The van der Waals surface area contributed by atoms with E-state index in [0.717, 1.165) is 11.4 Å². The molecule has 7 nitrogen and oxygen atoms in total. The molecule has 31 heavy (non-hydrogen) atoms. The summed E-state index contributed by atoms with van der Waals surface area (Å²) < 4.78 is 19.8. The maximum atomic E-state index is 14.5. The highest BCUT2D eigenvalue weighted by Gasteiger charge is 2.17. The molecular weight excluding hydrogens is 464 g/mol. The molecule has 168 valence electrons. The van der Waals surface area contributed by atoms with Crippen molar-refractivity contribution in [1.82, 2.24) is 15.2 Å². The quantitative estimate of drug-likeness (QED) is 0.494. The van der Waals surface area contributed by atoms with Crippen LogP contribution in [0.25, 0.3) is 21.1 Å². The van der Waals surface area contributed by atoms with Gasteiger partial charge in [0.2, 0.25) is 0 Å². The molecule has 0 saturated carbocycles. The number of nitrogens with zero attached hydrogens (tertiary/aromatic N) is 4. The van der Waals surface area contributed by atoms with Gasteiger partial charge in [-0.05, 0) is 32.0 Å². The molecule has 1 unspecified atom stereocenters. The fraction of sp³-hybridized carbons (Fsp3) is 0.350. The Labute approximate surface area is 195 Å². The second-order valence-electron chi connectivity index (χ2n) is 7.04. The third kappa shape index (κ3) is 6.02. The molecule has 0 fully saturated rings. The highest BCUT2D eigenvalue weighted by Crippen LogP contribution is 2.37. The van der Waals surface area contributed by atoms with E-state index in [1.165, 1.54) is 23.5 Å². The van der Waals surface area contributed by atoms with Gasteiger partial charge < -0.3 is 20.5 Å². The van der Waals surface area contributed by atoms with Crippen molar-refractivity contribution in [2.24, 2.45) is 5.73 Å². The number of pyridine rings is 1. The van der Waals surface area contributed by atoms with E-state index in [2.05, 4.69) is 33.9 Å². The Morgan fingerprint density at radius 1 is 1.26 bits per heavy atom. The van der Waals surface area contributed by atoms with Crippen molar-refractivity contribution in [2.75, 3.05) is 25.2 Å². The number of aliphatic hydroxyl groups is 1. The summed E-state index contributed by atoms with van der Waals surface area (Å²) in [5, 5.41) is 18.8. The van der Waals surface area contributed by atoms with Crippen molar-refractivity contribution in [3.05, 3.63) is 41.3 Å². The van der Waals surface area contributed by atoms with Crippen LogP contribution in [0.5, 0.6) is 5.75 Å². The van der Waals surface area contributed by atoms with E-state index >= 15 is 0 Å². The first-order valence-corrected chi connectivity index (χ1v) is 10.5. The molecule has 0 aliphatic heterocycles. The number of ether oxygens (including phenoxy) is 1. The molecular formula is C20H24Cl2FN5O2S. The fourth-order valence-electron chi connectivity index (χ4n) is 2.51. The van der Waals surface area contributed by atoms with Gasteiger partial charge in [-0.25, -0.2) is 9.37 Å². The smallest absolute Gasteiger partial charge is 0.165 e. The molecule has 0 radical (unpaired) electrons. The van der Waals surface area contributed by atoms with E-state index in [9.17, 15) is 4.39 Å². The summed E-state index contributed by atoms with van der Waals surface area (Å²) in [6.07, 6.45) is 1.72. The summed E-state index contributed by atoms with van der Waals surface area (Å²) in [6, 6.07) is 6.12. The molecule has 0 spiro atoms. The summed E-state index contributed by atoms with van der Waals surface area (Å²) in [4.78, 5) is 6.45. The van der Waals surface area contributed by atoms with Crippen LogP contribution < -0.4 is 15.4 Å². The van der Waals surface area contributed by atoms with Gasteiger partial charge >= 0.3 is 0 Å². The van der Waals surface area contributed by atoms with E-state index in [0.29, 0.717) is 21.6 Å². The van der Waals surface area contributed by atoms with E-state index in [4.69, 9.17) is 27.2 Å². The molecule has 0 saturated heterocycles. The van der Waals surface area contributed by atoms with Crippen molar-refractivity contribution < 1.29 is 14.2 Å². The van der Waals surface area contributed by atoms with Crippen molar-refractivity contribution >= 4 is 41.2 Å². The minimum Gasteiger partial charge on any atom is -0.489 e. The van der Waals surface area contributed by atoms with Gasteiger partial charge in [-0.15, -0.1) is 22.6 Å². The number of rotatable bonds is 8. The molecule has 1 aromatic carbocycles. The predicted octanol–water partition coefficient (Wildman–Crippen LogP) is 4.02. The molecule has 0 bridgehead atoms. The number of hydrogen-bond acceptors (Lipinski definition) is 8. The first kappa shape index (κ1) is 25.2. The molecule has 3 N–H and O–H groups in total. The maximum absolute atomic E-state index is 14.5. The number of aromatic nitrogens is 3. The zero-order valence-electron chi connectivity index (χ0n) is 17.2. The minimum absolute atomic E-state index is 0. The van der Waals surface area contributed by atoms with Gasteiger partial charge in [0.1, 0.15) is 22.4 Å². The first-order valence-electron chi connectivity index (χ1n) is 9.31. The molecule has 2 heterocycles. The number of halogens is 3. The number of hydrogen-bond donors (Lipinski definition) is 2. The molecule has 3 rings (SSSR count). The van der Waals surface area contributed by atoms with Crippen LogP contribution >= 0.6 is 35.3 Å². The van der Waals surface area contributed by atoms with Crippen molar-refractivity contribution in [2.45, 2.75) is 25.9 Å². The summed E-state index contributed by atoms with van der Waals surface area (Å²) >= 11 is 7.64. The highest BCUT2D eigenvalue weighted by molar-refractivity contribution is 7.18. The highest BCUT2D eigenvalue weighted by atomic mass is 35.5. The summed E-state index contributed by atoms with van der Waals surface area (Å²) in [6.45, 7) is 3.88. The summed E-state index contributed by atoms with van der Waals surface area (Å²) in [5.74, 6) is 0.194. The van der Waals surface area contributed by atoms with Crippen LogP contribution in [-0.2, 0) is 0 Å². The molecule has 0 amide bonds. The van der Waals surface area contributed by atoms with Crippen molar-refractivity contribution in [3.8, 4) is 26.9 Å². The van der Waals surface area contributed by atoms with Gasteiger partial charge in [0, 0.05) is 36.5 Å². The fourth-order valence-corrected chi connectivity index (χ4v) is 3.68. The van der Waals surface area contributed by atoms with Crippen LogP contribution in [0.2, 0.25) is 5.02 Å². The van der Waals surface area contributed by atoms with Crippen molar-refractivity contribution in [1.29, 1.82) is 0 Å². The topological polar surface area (TPSA) is 97.4 Å². The Bertz CT molecular complexity index is 1020. The van der Waals surface area contributed by atoms with E-state index in [1.54, 1.807) is 6.20 Å². The van der Waals surface area contributed by atoms with Crippen LogP contribution in [0.4, 0.5) is 10.2 Å². The van der Waals surface area contributed by atoms with Crippen molar-refractivity contribution in [3.63, 3.8) is 0 Å². The van der Waals surface area contributed by atoms with Gasteiger partial charge in [-0.3, -0.25) is 0 Å². The third-order valence-corrected chi connectivity index (χ3v) is 5.81. The van der Waals surface area contributed by atoms with Crippen LogP contribution in [-0.4, -0.2) is 52.6 Å². The monoisotopic (exact) mass is 487 g/mol. The van der Waals surface area contributed by atoms with Gasteiger partial charge in [-0.1, -0.05) is 22.9 Å². The normalized spacial score (nSPS) is 11.9. The van der Waals surface area contributed by atoms with E-state index in [-0.39, 0.29) is 36.4 Å². The summed E-state index contributed by atoms with van der Waals surface area (Å²) in [7, 11) is 1.97. The molecule has 3 aromatic rings. The van der Waals surface area contributed by atoms with E-state index < -0.39 is 11.9 Å². The van der Waals surface area contributed by atoms with Gasteiger partial charge in [-0.2, -0.15) is 0 Å². The largest absolute Gasteiger partial charge is 0.489 e. The minimum atomic E-state index is -0.603. The molecule has 11 heteroatoms. The van der Waals surface area contributed by atoms with Crippen LogP contribution in [0.15, 0.2) is 30.5 Å². The molecule has 0 aliphatic rings. The zero-order chi connectivity index (χ0) is 21.8. The zero-order valence-corrected chi connectivity index (χ0v) is 19.6. The standard InChI is InChI=1S/C20H23ClFN5O2S.ClH/c1-11(2)27(3)18-6-12(4-5-24-18)19-25-26-20(30-19)14-7-16(22)17(8-15(14)21)29-10-13(23)9-28;/h4-8,11,13,28H,9-10,23H2,1-3H3;1H. The number of benzene rings is 1. The SMILES string of the molecule is CC(C)N(C)c1cc(-c2nnc(-c3cc(F)c(OCC(N)CO)cc3Cl)s2)ccn1.Cl. The Morgan fingerprint density at radius 3 is 2.65 bits per heavy atom. The lowest BCUT2D eigenvalue weighted by Gasteiger charge is -2.22. The van der Waals surface area contributed by atoms with Gasteiger partial charge in [0.25, 0.3) is 0 Å². The maximum Gasteiger partial charge on any atom is 0.165 e. The Balaban J connectivity index is 0.00000341. The number of aliphatic hydroxyl groups excluding tert-OH is 1. The summed E-state index contributed by atoms with van der Waals surface area (Å²) in [5.41, 5.74) is 6.87. The average Bonchev–Trinajstić information content (AvgIpc) is 3.23. The predicted molar refractivity (Wildman–Crippen MR) is 125 cm³/mol. The molecule has 0 aliphatic carbocycles. The van der Waals surface area contributed by atoms with Gasteiger partial charge in [0.15, 0.2) is 11.6 Å². The van der Waals surface area contributed by atoms with E-state index in [1.807, 2.05) is 19.2 Å². The second kappa shape index (κ2) is 11.0. The number of anilines is 1. The van der Waals surface area contributed by atoms with Crippen LogP contribution in [0, 0.1) is 5.82 Å². The third-order valence-electron chi connectivity index (χ3n) is 4.49. The Kier molecular flexibility index (Phi) is 8.96. The second-order valence-corrected chi connectivity index (χ2v) is 8.42. The lowest BCUT2D eigenvalue weighted by molar-refractivity contribution is 0.202. The number of nitrogens with two attached hydrogens (primary N) is 1. The first-order chi connectivity index (χ1) is 14.3. The molecule has 2 aromatic heterocycles. The average molecular weight is 488 g/mol. The van der Waals surface area contributed by atoms with Crippen LogP contribution in [0.3, 0.4) is 0 Å². The lowest BCUT2D eigenvalue weighted by Crippen LogP contribution is -2.31. The molecule has 1 atom stereocenters. The van der Waals surface area contributed by atoms with Crippen LogP contribution in [0.1, 0.15) is 13.8 Å². The Hall–Kier alpha value is -2.04. The lowest BCUT2D eigenvalue weighted by atomic mass is 10.2. The van der Waals surface area contributed by atoms with Gasteiger partial charge in [0.05, 0.1) is 17.7 Å². The Morgan fingerprint density at radius 2 is 1.97 bits per heavy atom.